The average Bonchev–Trinajstić information content (AvgIpc) is 2.67. The van der Waals surface area contributed by atoms with Gasteiger partial charge in [0.2, 0.25) is 5.91 Å². The van der Waals surface area contributed by atoms with E-state index in [0.717, 1.165) is 12.0 Å². The molecule has 1 amide bonds. The lowest BCUT2D eigenvalue weighted by molar-refractivity contribution is -0.119. The van der Waals surface area contributed by atoms with Gasteiger partial charge >= 0.3 is 0 Å². The summed E-state index contributed by atoms with van der Waals surface area (Å²) in [5.41, 5.74) is 1.56. The fourth-order valence-corrected chi connectivity index (χ4v) is 3.42. The van der Waals surface area contributed by atoms with Crippen molar-refractivity contribution in [2.75, 3.05) is 20.0 Å². The molecule has 2 aromatic carbocycles. The minimum Gasteiger partial charge on any atom is -0.493 e. The zero-order chi connectivity index (χ0) is 18.9. The van der Waals surface area contributed by atoms with E-state index in [9.17, 15) is 9.18 Å². The normalized spacial score (nSPS) is 11.7. The van der Waals surface area contributed by atoms with Gasteiger partial charge in [0.1, 0.15) is 5.82 Å². The summed E-state index contributed by atoms with van der Waals surface area (Å²) in [5, 5.41) is 3.02. The van der Waals surface area contributed by atoms with Crippen molar-refractivity contribution in [1.82, 2.24) is 5.32 Å². The van der Waals surface area contributed by atoms with E-state index in [1.54, 1.807) is 32.4 Å². The summed E-state index contributed by atoms with van der Waals surface area (Å²) in [6, 6.07) is 12.1. The average molecular weight is 377 g/mol. The van der Waals surface area contributed by atoms with Gasteiger partial charge in [-0.15, -0.1) is 11.8 Å². The van der Waals surface area contributed by atoms with Gasteiger partial charge in [0, 0.05) is 5.75 Å². The van der Waals surface area contributed by atoms with Crippen molar-refractivity contribution in [1.29, 1.82) is 0 Å². The highest BCUT2D eigenvalue weighted by Gasteiger charge is 2.15. The lowest BCUT2D eigenvalue weighted by Gasteiger charge is -2.19. The van der Waals surface area contributed by atoms with E-state index in [-0.39, 0.29) is 23.5 Å². The molecule has 140 valence electrons. The lowest BCUT2D eigenvalue weighted by atomic mass is 10.0. The number of hydrogen-bond donors (Lipinski definition) is 1. The second kappa shape index (κ2) is 10.1. The third-order valence-electron chi connectivity index (χ3n) is 4.00. The molecule has 0 fully saturated rings. The molecule has 0 saturated heterocycles. The Balaban J connectivity index is 1.92. The van der Waals surface area contributed by atoms with Gasteiger partial charge in [-0.3, -0.25) is 4.79 Å². The second-order valence-corrected chi connectivity index (χ2v) is 6.71. The highest BCUT2D eigenvalue weighted by molar-refractivity contribution is 7.99. The van der Waals surface area contributed by atoms with E-state index in [4.69, 9.17) is 9.47 Å². The molecule has 0 aliphatic carbocycles. The van der Waals surface area contributed by atoms with Crippen LogP contribution in [0.25, 0.3) is 0 Å². The Morgan fingerprint density at radius 1 is 1.15 bits per heavy atom. The van der Waals surface area contributed by atoms with Crippen molar-refractivity contribution in [2.45, 2.75) is 25.1 Å². The maximum Gasteiger partial charge on any atom is 0.230 e. The molecule has 2 rings (SSSR count). The fraction of sp³-hybridized carbons (Fsp3) is 0.350. The van der Waals surface area contributed by atoms with E-state index in [2.05, 4.69) is 5.32 Å². The van der Waals surface area contributed by atoms with E-state index >= 15 is 0 Å². The topological polar surface area (TPSA) is 47.6 Å². The number of carbonyl (C=O) groups excluding carboxylic acids is 1. The van der Waals surface area contributed by atoms with Gasteiger partial charge in [0.25, 0.3) is 0 Å². The van der Waals surface area contributed by atoms with Crippen molar-refractivity contribution in [3.05, 3.63) is 59.4 Å². The Labute approximate surface area is 158 Å². The molecule has 2 aromatic rings. The maximum atomic E-state index is 13.6. The predicted octanol–water partition coefficient (Wildman–Crippen LogP) is 4.34. The van der Waals surface area contributed by atoms with Crippen LogP contribution in [0.2, 0.25) is 0 Å². The van der Waals surface area contributed by atoms with Gasteiger partial charge in [-0.25, -0.2) is 4.39 Å². The van der Waals surface area contributed by atoms with E-state index in [0.29, 0.717) is 22.8 Å². The molecule has 0 unspecified atom stereocenters. The summed E-state index contributed by atoms with van der Waals surface area (Å²) in [6.07, 6.45) is 0.749. The van der Waals surface area contributed by atoms with E-state index < -0.39 is 0 Å². The minimum atomic E-state index is -0.239. The number of halogens is 1. The highest BCUT2D eigenvalue weighted by Crippen LogP contribution is 2.30. The number of rotatable bonds is 9. The Morgan fingerprint density at radius 3 is 2.54 bits per heavy atom. The van der Waals surface area contributed by atoms with E-state index in [1.165, 1.54) is 17.8 Å². The van der Waals surface area contributed by atoms with Gasteiger partial charge < -0.3 is 14.8 Å². The molecule has 4 nitrogen and oxygen atoms in total. The SMILES string of the molecule is CC[C@H](NC(=O)CSCc1ccccc1F)c1ccc(OC)c(OC)c1. The van der Waals surface area contributed by atoms with Crippen LogP contribution in [0, 0.1) is 5.82 Å². The van der Waals surface area contributed by atoms with Gasteiger partial charge in [-0.2, -0.15) is 0 Å². The quantitative estimate of drug-likeness (QED) is 0.706. The van der Waals surface area contributed by atoms with Crippen LogP contribution in [0.15, 0.2) is 42.5 Å². The monoisotopic (exact) mass is 377 g/mol. The minimum absolute atomic E-state index is 0.0759. The number of nitrogens with one attached hydrogen (secondary N) is 1. The molecular weight excluding hydrogens is 353 g/mol. The number of amides is 1. The Bertz CT molecular complexity index is 739. The third-order valence-corrected chi connectivity index (χ3v) is 4.98. The maximum absolute atomic E-state index is 13.6. The summed E-state index contributed by atoms with van der Waals surface area (Å²) in [6.45, 7) is 2.01. The zero-order valence-corrected chi connectivity index (χ0v) is 16.1. The van der Waals surface area contributed by atoms with Crippen LogP contribution < -0.4 is 14.8 Å². The molecule has 0 spiro atoms. The molecule has 0 aromatic heterocycles. The van der Waals surface area contributed by atoms with Crippen molar-refractivity contribution >= 4 is 17.7 Å². The second-order valence-electron chi connectivity index (χ2n) is 5.73. The molecule has 6 heteroatoms. The smallest absolute Gasteiger partial charge is 0.230 e. The molecule has 0 aliphatic heterocycles. The fourth-order valence-electron chi connectivity index (χ4n) is 2.60. The van der Waals surface area contributed by atoms with Crippen LogP contribution in [0.4, 0.5) is 4.39 Å². The van der Waals surface area contributed by atoms with Crippen molar-refractivity contribution in [2.24, 2.45) is 0 Å². The third kappa shape index (κ3) is 5.39. The summed E-state index contributed by atoms with van der Waals surface area (Å²) in [7, 11) is 3.17. The Hall–Kier alpha value is -2.21. The largest absolute Gasteiger partial charge is 0.493 e. The Morgan fingerprint density at radius 2 is 1.88 bits per heavy atom. The van der Waals surface area contributed by atoms with Crippen LogP contribution in [-0.4, -0.2) is 25.9 Å². The Kier molecular flexibility index (Phi) is 7.78. The van der Waals surface area contributed by atoms with Gasteiger partial charge in [0.05, 0.1) is 26.0 Å². The summed E-state index contributed by atoms with van der Waals surface area (Å²) in [5.74, 6) is 1.71. The van der Waals surface area contributed by atoms with Crippen LogP contribution in [0.5, 0.6) is 11.5 Å². The molecule has 1 atom stereocenters. The molecule has 0 radical (unpaired) electrons. The van der Waals surface area contributed by atoms with Gasteiger partial charge in [-0.1, -0.05) is 31.2 Å². The molecule has 0 aliphatic rings. The van der Waals surface area contributed by atoms with Gasteiger partial charge in [-0.05, 0) is 35.7 Å². The molecule has 26 heavy (non-hydrogen) atoms. The molecule has 0 saturated carbocycles. The lowest BCUT2D eigenvalue weighted by Crippen LogP contribution is -2.29. The van der Waals surface area contributed by atoms with Crippen molar-refractivity contribution in [3.8, 4) is 11.5 Å². The van der Waals surface area contributed by atoms with Crippen LogP contribution in [0.3, 0.4) is 0 Å². The molecule has 1 N–H and O–H groups in total. The van der Waals surface area contributed by atoms with Crippen molar-refractivity contribution in [3.63, 3.8) is 0 Å². The highest BCUT2D eigenvalue weighted by atomic mass is 32.2. The summed E-state index contributed by atoms with van der Waals surface area (Å²) in [4.78, 5) is 12.3. The number of thioether (sulfide) groups is 1. The first-order valence-electron chi connectivity index (χ1n) is 8.41. The number of ether oxygens (including phenoxy) is 2. The first-order chi connectivity index (χ1) is 12.6. The number of benzene rings is 2. The van der Waals surface area contributed by atoms with Crippen LogP contribution >= 0.6 is 11.8 Å². The van der Waals surface area contributed by atoms with Crippen LogP contribution in [0.1, 0.15) is 30.5 Å². The standard InChI is InChI=1S/C20H24FNO3S/c1-4-17(14-9-10-18(24-2)19(11-14)25-3)22-20(23)13-26-12-15-7-5-6-8-16(15)21/h5-11,17H,4,12-13H2,1-3H3,(H,22,23)/t17-/m0/s1. The number of carbonyl (C=O) groups is 1. The zero-order valence-electron chi connectivity index (χ0n) is 15.3. The molecule has 0 bridgehead atoms. The first kappa shape index (κ1) is 20.1. The number of methoxy groups -OCH3 is 2. The van der Waals surface area contributed by atoms with E-state index in [1.807, 2.05) is 25.1 Å². The summed E-state index contributed by atoms with van der Waals surface area (Å²) >= 11 is 1.39. The van der Waals surface area contributed by atoms with Crippen molar-refractivity contribution < 1.29 is 18.7 Å². The predicted molar refractivity (Wildman–Crippen MR) is 103 cm³/mol. The molecule has 0 heterocycles. The van der Waals surface area contributed by atoms with Crippen LogP contribution in [-0.2, 0) is 10.5 Å². The molecular formula is C20H24FNO3S. The number of hydrogen-bond acceptors (Lipinski definition) is 4. The van der Waals surface area contributed by atoms with Gasteiger partial charge in [0.15, 0.2) is 11.5 Å². The summed E-state index contributed by atoms with van der Waals surface area (Å²) < 4.78 is 24.2. The first-order valence-corrected chi connectivity index (χ1v) is 9.57.